The first kappa shape index (κ1) is 6.74. The summed E-state index contributed by atoms with van der Waals surface area (Å²) in [5.41, 5.74) is 9.53. The highest BCUT2D eigenvalue weighted by molar-refractivity contribution is 5.97. The standard InChI is InChI=1S/C3H7N3O2/c4-2(6-8)1-3(5)7/h8H,1H2,(H2,4,6)(H2,5,7). The third-order valence-electron chi connectivity index (χ3n) is 0.484. The number of hydrogen-bond donors (Lipinski definition) is 3. The Morgan fingerprint density at radius 1 is 1.62 bits per heavy atom. The van der Waals surface area contributed by atoms with E-state index in [4.69, 9.17) is 10.9 Å². The SMILES string of the molecule is NC(=O)C/C(N)=N\O. The van der Waals surface area contributed by atoms with Gasteiger partial charge in [0.15, 0.2) is 0 Å². The van der Waals surface area contributed by atoms with E-state index < -0.39 is 5.91 Å². The van der Waals surface area contributed by atoms with Crippen molar-refractivity contribution in [3.05, 3.63) is 0 Å². The van der Waals surface area contributed by atoms with Crippen LogP contribution in [0.25, 0.3) is 0 Å². The van der Waals surface area contributed by atoms with Crippen LogP contribution in [0, 0.1) is 0 Å². The Kier molecular flexibility index (Phi) is 2.39. The summed E-state index contributed by atoms with van der Waals surface area (Å²) in [5, 5.41) is 10.4. The maximum absolute atomic E-state index is 9.92. The fourth-order valence-corrected chi connectivity index (χ4v) is 0.214. The zero-order valence-electron chi connectivity index (χ0n) is 4.16. The normalized spacial score (nSPS) is 11.2. The first-order valence-electron chi connectivity index (χ1n) is 1.91. The third-order valence-corrected chi connectivity index (χ3v) is 0.484. The summed E-state index contributed by atoms with van der Waals surface area (Å²) < 4.78 is 0. The predicted octanol–water partition coefficient (Wildman–Crippen LogP) is -1.39. The largest absolute Gasteiger partial charge is 0.409 e. The van der Waals surface area contributed by atoms with Gasteiger partial charge in [-0.25, -0.2) is 0 Å². The Balaban J connectivity index is 3.56. The van der Waals surface area contributed by atoms with Gasteiger partial charge in [0.1, 0.15) is 5.84 Å². The Bertz CT molecular complexity index is 120. The highest BCUT2D eigenvalue weighted by Crippen LogP contribution is 1.73. The first-order valence-corrected chi connectivity index (χ1v) is 1.91. The van der Waals surface area contributed by atoms with Crippen LogP contribution in [0.2, 0.25) is 0 Å². The van der Waals surface area contributed by atoms with Crippen molar-refractivity contribution in [2.75, 3.05) is 0 Å². The van der Waals surface area contributed by atoms with Gasteiger partial charge in [-0.1, -0.05) is 5.16 Å². The fraction of sp³-hybridized carbons (Fsp3) is 0.333. The molecule has 0 heterocycles. The van der Waals surface area contributed by atoms with E-state index in [2.05, 4.69) is 10.9 Å². The minimum absolute atomic E-state index is 0.169. The van der Waals surface area contributed by atoms with Gasteiger partial charge in [-0.15, -0.1) is 0 Å². The minimum Gasteiger partial charge on any atom is -0.409 e. The van der Waals surface area contributed by atoms with Gasteiger partial charge in [0, 0.05) is 0 Å². The van der Waals surface area contributed by atoms with Crippen LogP contribution in [0.5, 0.6) is 0 Å². The van der Waals surface area contributed by atoms with Crippen LogP contribution >= 0.6 is 0 Å². The maximum atomic E-state index is 9.92. The number of hydrogen-bond acceptors (Lipinski definition) is 3. The van der Waals surface area contributed by atoms with Crippen LogP contribution in [0.4, 0.5) is 0 Å². The molecule has 46 valence electrons. The van der Waals surface area contributed by atoms with Crippen LogP contribution in [-0.2, 0) is 4.79 Å². The van der Waals surface area contributed by atoms with E-state index in [1.807, 2.05) is 0 Å². The summed E-state index contributed by atoms with van der Waals surface area (Å²) in [5.74, 6) is -0.780. The van der Waals surface area contributed by atoms with E-state index in [0.717, 1.165) is 0 Å². The van der Waals surface area contributed by atoms with Gasteiger partial charge < -0.3 is 16.7 Å². The van der Waals surface area contributed by atoms with Crippen LogP contribution in [0.3, 0.4) is 0 Å². The number of amidine groups is 1. The quantitative estimate of drug-likeness (QED) is 0.179. The van der Waals surface area contributed by atoms with Crippen molar-refractivity contribution in [2.24, 2.45) is 16.6 Å². The number of primary amides is 1. The Morgan fingerprint density at radius 3 is 2.25 bits per heavy atom. The molecule has 5 heteroatoms. The molecule has 0 aromatic rings. The number of carbonyl (C=O) groups excluding carboxylic acids is 1. The molecule has 0 aliphatic rings. The molecule has 1 amide bonds. The minimum atomic E-state index is -0.611. The molecule has 0 aromatic heterocycles. The Morgan fingerprint density at radius 2 is 2.12 bits per heavy atom. The van der Waals surface area contributed by atoms with Gasteiger partial charge in [0.05, 0.1) is 6.42 Å². The molecule has 0 unspecified atom stereocenters. The topological polar surface area (TPSA) is 102 Å². The Hall–Kier alpha value is -1.26. The molecule has 0 radical (unpaired) electrons. The predicted molar refractivity (Wildman–Crippen MR) is 27.2 cm³/mol. The number of rotatable bonds is 2. The number of oxime groups is 1. The molecular formula is C3H7N3O2. The number of amides is 1. The first-order chi connectivity index (χ1) is 3.66. The van der Waals surface area contributed by atoms with Crippen molar-refractivity contribution in [1.82, 2.24) is 0 Å². The van der Waals surface area contributed by atoms with Crippen LogP contribution < -0.4 is 11.5 Å². The molecule has 0 saturated carbocycles. The third kappa shape index (κ3) is 2.95. The van der Waals surface area contributed by atoms with Crippen molar-refractivity contribution in [3.63, 3.8) is 0 Å². The van der Waals surface area contributed by atoms with Crippen molar-refractivity contribution in [1.29, 1.82) is 0 Å². The lowest BCUT2D eigenvalue weighted by molar-refractivity contribution is -0.116. The van der Waals surface area contributed by atoms with Crippen molar-refractivity contribution in [3.8, 4) is 0 Å². The van der Waals surface area contributed by atoms with E-state index in [1.54, 1.807) is 0 Å². The molecule has 0 aliphatic carbocycles. The highest BCUT2D eigenvalue weighted by atomic mass is 16.4. The van der Waals surface area contributed by atoms with Crippen LogP contribution in [0.15, 0.2) is 5.16 Å². The average molecular weight is 117 g/mol. The van der Waals surface area contributed by atoms with E-state index >= 15 is 0 Å². The van der Waals surface area contributed by atoms with Crippen molar-refractivity contribution < 1.29 is 10.0 Å². The summed E-state index contributed by atoms with van der Waals surface area (Å²) >= 11 is 0. The van der Waals surface area contributed by atoms with Crippen molar-refractivity contribution in [2.45, 2.75) is 6.42 Å². The Labute approximate surface area is 46.0 Å². The molecule has 8 heavy (non-hydrogen) atoms. The molecule has 0 aromatic carbocycles. The second-order valence-electron chi connectivity index (χ2n) is 1.23. The van der Waals surface area contributed by atoms with E-state index in [1.165, 1.54) is 0 Å². The zero-order valence-corrected chi connectivity index (χ0v) is 4.16. The number of nitrogens with zero attached hydrogens (tertiary/aromatic N) is 1. The van der Waals surface area contributed by atoms with Crippen molar-refractivity contribution >= 4 is 11.7 Å². The number of carbonyl (C=O) groups is 1. The van der Waals surface area contributed by atoms with Gasteiger partial charge in [0.2, 0.25) is 5.91 Å². The lowest BCUT2D eigenvalue weighted by atomic mass is 10.4. The van der Waals surface area contributed by atoms with E-state index in [-0.39, 0.29) is 12.3 Å². The summed E-state index contributed by atoms with van der Waals surface area (Å²) in [6, 6.07) is 0. The van der Waals surface area contributed by atoms with Gasteiger partial charge >= 0.3 is 0 Å². The van der Waals surface area contributed by atoms with E-state index in [9.17, 15) is 4.79 Å². The summed E-state index contributed by atoms with van der Waals surface area (Å²) in [7, 11) is 0. The summed E-state index contributed by atoms with van der Waals surface area (Å²) in [6.07, 6.45) is -0.198. The van der Waals surface area contributed by atoms with Gasteiger partial charge in [-0.3, -0.25) is 4.79 Å². The number of nitrogens with two attached hydrogens (primary N) is 2. The molecule has 0 fully saturated rings. The van der Waals surface area contributed by atoms with Gasteiger partial charge in [0.25, 0.3) is 0 Å². The molecule has 0 bridgehead atoms. The second-order valence-corrected chi connectivity index (χ2v) is 1.23. The lowest BCUT2D eigenvalue weighted by Crippen LogP contribution is -2.21. The molecule has 5 nitrogen and oxygen atoms in total. The molecule has 0 aliphatic heterocycles. The maximum Gasteiger partial charge on any atom is 0.225 e. The summed E-state index contributed by atoms with van der Waals surface area (Å²) in [4.78, 5) is 9.92. The zero-order chi connectivity index (χ0) is 6.57. The monoisotopic (exact) mass is 117 g/mol. The lowest BCUT2D eigenvalue weighted by Gasteiger charge is -1.88. The van der Waals surface area contributed by atoms with Crippen LogP contribution in [-0.4, -0.2) is 17.0 Å². The second kappa shape index (κ2) is 2.84. The average Bonchev–Trinajstić information content (AvgIpc) is 1.65. The molecular weight excluding hydrogens is 110 g/mol. The molecule has 0 spiro atoms. The molecule has 5 N–H and O–H groups in total. The molecule has 0 atom stereocenters. The molecule has 0 saturated heterocycles. The molecule has 0 rings (SSSR count). The smallest absolute Gasteiger partial charge is 0.225 e. The van der Waals surface area contributed by atoms with Crippen LogP contribution in [0.1, 0.15) is 6.42 Å². The van der Waals surface area contributed by atoms with Gasteiger partial charge in [-0.05, 0) is 0 Å². The van der Waals surface area contributed by atoms with E-state index in [0.29, 0.717) is 0 Å². The fourth-order valence-electron chi connectivity index (χ4n) is 0.214. The van der Waals surface area contributed by atoms with Gasteiger partial charge in [-0.2, -0.15) is 0 Å². The summed E-state index contributed by atoms with van der Waals surface area (Å²) in [6.45, 7) is 0. The highest BCUT2D eigenvalue weighted by Gasteiger charge is 1.96.